The summed E-state index contributed by atoms with van der Waals surface area (Å²) in [5.41, 5.74) is 10.3. The molecule has 2 rings (SSSR count). The minimum atomic E-state index is 0.797. The maximum Gasteiger partial charge on any atom is 0.0576 e. The van der Waals surface area contributed by atoms with Gasteiger partial charge >= 0.3 is 0 Å². The standard InChI is InChI=1S/C12H14N2S/c1-9-7-15-8-10(9)6-14-12-5-3-2-4-11(12)13/h2-5,7-8,14H,6,13H2,1H3. The van der Waals surface area contributed by atoms with E-state index in [0.717, 1.165) is 17.9 Å². The van der Waals surface area contributed by atoms with E-state index in [-0.39, 0.29) is 0 Å². The van der Waals surface area contributed by atoms with Gasteiger partial charge in [-0.05, 0) is 40.9 Å². The van der Waals surface area contributed by atoms with E-state index >= 15 is 0 Å². The minimum Gasteiger partial charge on any atom is -0.397 e. The third-order valence-electron chi connectivity index (χ3n) is 2.39. The number of nitrogens with two attached hydrogens (primary N) is 1. The third-order valence-corrected chi connectivity index (χ3v) is 3.30. The molecule has 2 aromatic rings. The maximum atomic E-state index is 5.84. The summed E-state index contributed by atoms with van der Waals surface area (Å²) >= 11 is 1.73. The van der Waals surface area contributed by atoms with Crippen LogP contribution in [0, 0.1) is 6.92 Å². The van der Waals surface area contributed by atoms with E-state index in [1.54, 1.807) is 11.3 Å². The van der Waals surface area contributed by atoms with Gasteiger partial charge in [-0.1, -0.05) is 12.1 Å². The molecule has 1 aromatic carbocycles. The zero-order valence-corrected chi connectivity index (χ0v) is 9.47. The van der Waals surface area contributed by atoms with Crippen molar-refractivity contribution in [3.63, 3.8) is 0 Å². The number of aryl methyl sites for hydroxylation is 1. The molecule has 3 heteroatoms. The number of hydrogen-bond acceptors (Lipinski definition) is 3. The van der Waals surface area contributed by atoms with E-state index in [1.807, 2.05) is 24.3 Å². The van der Waals surface area contributed by atoms with Crippen LogP contribution < -0.4 is 11.1 Å². The van der Waals surface area contributed by atoms with Crippen molar-refractivity contribution in [3.05, 3.63) is 46.2 Å². The molecular weight excluding hydrogens is 204 g/mol. The van der Waals surface area contributed by atoms with Gasteiger partial charge in [0.2, 0.25) is 0 Å². The fourth-order valence-electron chi connectivity index (χ4n) is 1.42. The molecule has 0 amide bonds. The number of benzene rings is 1. The van der Waals surface area contributed by atoms with Crippen LogP contribution in [0.3, 0.4) is 0 Å². The second-order valence-corrected chi connectivity index (χ2v) is 4.26. The molecule has 2 nitrogen and oxygen atoms in total. The van der Waals surface area contributed by atoms with Crippen molar-refractivity contribution in [3.8, 4) is 0 Å². The SMILES string of the molecule is Cc1cscc1CNc1ccccc1N. The minimum absolute atomic E-state index is 0.797. The van der Waals surface area contributed by atoms with Gasteiger partial charge in [0.15, 0.2) is 0 Å². The van der Waals surface area contributed by atoms with Crippen molar-refractivity contribution in [1.29, 1.82) is 0 Å². The number of rotatable bonds is 3. The van der Waals surface area contributed by atoms with E-state index in [2.05, 4.69) is 23.0 Å². The second kappa shape index (κ2) is 4.36. The molecule has 0 saturated carbocycles. The van der Waals surface area contributed by atoms with Crippen LogP contribution in [0.4, 0.5) is 11.4 Å². The number of nitrogens with one attached hydrogen (secondary N) is 1. The molecule has 0 radical (unpaired) electrons. The van der Waals surface area contributed by atoms with Gasteiger partial charge in [0.25, 0.3) is 0 Å². The lowest BCUT2D eigenvalue weighted by Crippen LogP contribution is -2.02. The highest BCUT2D eigenvalue weighted by molar-refractivity contribution is 7.08. The topological polar surface area (TPSA) is 38.0 Å². The molecule has 0 spiro atoms. The molecule has 0 bridgehead atoms. The smallest absolute Gasteiger partial charge is 0.0576 e. The van der Waals surface area contributed by atoms with Gasteiger partial charge in [-0.3, -0.25) is 0 Å². The normalized spacial score (nSPS) is 10.2. The number of thiophene rings is 1. The average Bonchev–Trinajstić information content (AvgIpc) is 2.63. The van der Waals surface area contributed by atoms with Crippen LogP contribution in [0.2, 0.25) is 0 Å². The highest BCUT2D eigenvalue weighted by Crippen LogP contribution is 2.20. The van der Waals surface area contributed by atoms with Gasteiger partial charge in [0, 0.05) is 6.54 Å². The van der Waals surface area contributed by atoms with Crippen LogP contribution in [0.15, 0.2) is 35.0 Å². The Kier molecular flexibility index (Phi) is 2.92. The molecule has 1 heterocycles. The van der Waals surface area contributed by atoms with E-state index < -0.39 is 0 Å². The Labute approximate surface area is 93.7 Å². The second-order valence-electron chi connectivity index (χ2n) is 3.52. The van der Waals surface area contributed by atoms with Crippen molar-refractivity contribution >= 4 is 22.7 Å². The van der Waals surface area contributed by atoms with Crippen molar-refractivity contribution in [2.24, 2.45) is 0 Å². The first-order valence-corrected chi connectivity index (χ1v) is 5.81. The number of hydrogen-bond donors (Lipinski definition) is 2. The summed E-state index contributed by atoms with van der Waals surface area (Å²) in [6.45, 7) is 2.96. The molecule has 0 atom stereocenters. The van der Waals surface area contributed by atoms with Gasteiger partial charge < -0.3 is 11.1 Å². The van der Waals surface area contributed by atoms with Crippen LogP contribution in [0.25, 0.3) is 0 Å². The van der Waals surface area contributed by atoms with Gasteiger partial charge in [-0.2, -0.15) is 11.3 Å². The first-order chi connectivity index (χ1) is 7.27. The number of anilines is 2. The number of nitrogen functional groups attached to an aromatic ring is 1. The third kappa shape index (κ3) is 2.30. The van der Waals surface area contributed by atoms with Crippen LogP contribution >= 0.6 is 11.3 Å². The quantitative estimate of drug-likeness (QED) is 0.776. The average molecular weight is 218 g/mol. The summed E-state index contributed by atoms with van der Waals surface area (Å²) < 4.78 is 0. The molecule has 1 aromatic heterocycles. The molecule has 15 heavy (non-hydrogen) atoms. The highest BCUT2D eigenvalue weighted by atomic mass is 32.1. The Balaban J connectivity index is 2.06. The first kappa shape index (κ1) is 10.1. The summed E-state index contributed by atoms with van der Waals surface area (Å²) in [6, 6.07) is 7.83. The van der Waals surface area contributed by atoms with Gasteiger partial charge in [0.05, 0.1) is 11.4 Å². The fraction of sp³-hybridized carbons (Fsp3) is 0.167. The Bertz CT molecular complexity index is 448. The van der Waals surface area contributed by atoms with Crippen LogP contribution in [-0.4, -0.2) is 0 Å². The molecule has 0 aliphatic carbocycles. The Morgan fingerprint density at radius 3 is 2.73 bits per heavy atom. The van der Waals surface area contributed by atoms with Crippen molar-refractivity contribution in [2.45, 2.75) is 13.5 Å². The van der Waals surface area contributed by atoms with Crippen molar-refractivity contribution < 1.29 is 0 Å². The molecule has 0 fully saturated rings. The van der Waals surface area contributed by atoms with Crippen molar-refractivity contribution in [2.75, 3.05) is 11.1 Å². The molecule has 0 saturated heterocycles. The van der Waals surface area contributed by atoms with Crippen LogP contribution in [0.5, 0.6) is 0 Å². The zero-order chi connectivity index (χ0) is 10.7. The summed E-state index contributed by atoms with van der Waals surface area (Å²) in [5, 5.41) is 7.66. The molecule has 78 valence electrons. The van der Waals surface area contributed by atoms with Crippen molar-refractivity contribution in [1.82, 2.24) is 0 Å². The van der Waals surface area contributed by atoms with E-state index in [0.29, 0.717) is 0 Å². The van der Waals surface area contributed by atoms with Gasteiger partial charge in [-0.15, -0.1) is 0 Å². The van der Waals surface area contributed by atoms with E-state index in [1.165, 1.54) is 11.1 Å². The maximum absolute atomic E-state index is 5.84. The lowest BCUT2D eigenvalue weighted by molar-refractivity contribution is 1.14. The largest absolute Gasteiger partial charge is 0.397 e. The fourth-order valence-corrected chi connectivity index (χ4v) is 2.27. The summed E-state index contributed by atoms with van der Waals surface area (Å²) in [4.78, 5) is 0. The van der Waals surface area contributed by atoms with E-state index in [4.69, 9.17) is 5.73 Å². The Hall–Kier alpha value is -1.48. The van der Waals surface area contributed by atoms with Gasteiger partial charge in [0.1, 0.15) is 0 Å². The van der Waals surface area contributed by atoms with Crippen LogP contribution in [-0.2, 0) is 6.54 Å². The molecule has 0 unspecified atom stereocenters. The molecule has 3 N–H and O–H groups in total. The van der Waals surface area contributed by atoms with Gasteiger partial charge in [-0.25, -0.2) is 0 Å². The van der Waals surface area contributed by atoms with Crippen LogP contribution in [0.1, 0.15) is 11.1 Å². The Morgan fingerprint density at radius 2 is 2.07 bits per heavy atom. The predicted molar refractivity (Wildman–Crippen MR) is 67.2 cm³/mol. The summed E-state index contributed by atoms with van der Waals surface area (Å²) in [7, 11) is 0. The summed E-state index contributed by atoms with van der Waals surface area (Å²) in [6.07, 6.45) is 0. The lowest BCUT2D eigenvalue weighted by Gasteiger charge is -2.08. The predicted octanol–water partition coefficient (Wildman–Crippen LogP) is 3.25. The van der Waals surface area contributed by atoms with E-state index in [9.17, 15) is 0 Å². The zero-order valence-electron chi connectivity index (χ0n) is 8.66. The Morgan fingerprint density at radius 1 is 1.27 bits per heavy atom. The molecule has 0 aliphatic heterocycles. The molecular formula is C12H14N2S. The highest BCUT2D eigenvalue weighted by Gasteiger charge is 2.00. The monoisotopic (exact) mass is 218 g/mol. The number of para-hydroxylation sites is 2. The lowest BCUT2D eigenvalue weighted by atomic mass is 10.2. The summed E-state index contributed by atoms with van der Waals surface area (Å²) in [5.74, 6) is 0. The first-order valence-electron chi connectivity index (χ1n) is 4.87. The molecule has 0 aliphatic rings.